The minimum Gasteiger partial charge on any atom is -0.393 e. The number of nitrogens with zero attached hydrogens (tertiary/aromatic N) is 2. The summed E-state index contributed by atoms with van der Waals surface area (Å²) >= 11 is 0. The zero-order chi connectivity index (χ0) is 14.5. The maximum atomic E-state index is 12.0. The Labute approximate surface area is 120 Å². The van der Waals surface area contributed by atoms with E-state index in [-0.39, 0.29) is 18.1 Å². The average molecular weight is 279 g/mol. The topological polar surface area (TPSA) is 57.5 Å². The molecule has 2 atom stereocenters. The molecule has 20 heavy (non-hydrogen) atoms. The molecule has 0 saturated heterocycles. The fourth-order valence-corrected chi connectivity index (χ4v) is 2.81. The minimum atomic E-state index is -0.256. The molecule has 1 aromatic heterocycles. The van der Waals surface area contributed by atoms with Gasteiger partial charge in [-0.2, -0.15) is 0 Å². The van der Waals surface area contributed by atoms with Crippen LogP contribution in [0.3, 0.4) is 0 Å². The number of aryl methyl sites for hydroxylation is 1. The Bertz CT molecular complexity index is 444. The van der Waals surface area contributed by atoms with Crippen LogP contribution in [0, 0.1) is 5.92 Å². The molecule has 1 aliphatic carbocycles. The Morgan fingerprint density at radius 2 is 2.25 bits per heavy atom. The van der Waals surface area contributed by atoms with Gasteiger partial charge in [-0.1, -0.05) is 12.8 Å². The fourth-order valence-electron chi connectivity index (χ4n) is 2.81. The number of nitrogens with one attached hydrogen (secondary N) is 1. The Morgan fingerprint density at radius 1 is 1.50 bits per heavy atom. The van der Waals surface area contributed by atoms with Gasteiger partial charge < -0.3 is 19.9 Å². The van der Waals surface area contributed by atoms with Gasteiger partial charge in [0.1, 0.15) is 0 Å². The van der Waals surface area contributed by atoms with E-state index in [4.69, 9.17) is 0 Å². The zero-order valence-corrected chi connectivity index (χ0v) is 12.4. The van der Waals surface area contributed by atoms with Gasteiger partial charge in [0.15, 0.2) is 0 Å². The van der Waals surface area contributed by atoms with Crippen molar-refractivity contribution in [2.45, 2.75) is 38.3 Å². The third kappa shape index (κ3) is 4.00. The maximum absolute atomic E-state index is 12.0. The maximum Gasteiger partial charge on any atom is 0.317 e. The Balaban J connectivity index is 1.76. The second-order valence-corrected chi connectivity index (χ2v) is 5.84. The lowest BCUT2D eigenvalue weighted by molar-refractivity contribution is 0.0565. The number of aliphatic hydroxyl groups excluding tert-OH is 1. The highest BCUT2D eigenvalue weighted by Crippen LogP contribution is 2.24. The van der Waals surface area contributed by atoms with Crippen molar-refractivity contribution in [2.75, 3.05) is 13.6 Å². The number of urea groups is 1. The van der Waals surface area contributed by atoms with Crippen molar-refractivity contribution in [1.82, 2.24) is 14.8 Å². The van der Waals surface area contributed by atoms with E-state index in [1.807, 2.05) is 30.1 Å². The molecule has 1 fully saturated rings. The van der Waals surface area contributed by atoms with Crippen molar-refractivity contribution in [2.24, 2.45) is 13.0 Å². The summed E-state index contributed by atoms with van der Waals surface area (Å²) in [6.45, 7) is 1.17. The van der Waals surface area contributed by atoms with E-state index >= 15 is 0 Å². The summed E-state index contributed by atoms with van der Waals surface area (Å²) in [5.41, 5.74) is 1.09. The molecule has 2 unspecified atom stereocenters. The lowest BCUT2D eigenvalue weighted by Gasteiger charge is -2.31. The summed E-state index contributed by atoms with van der Waals surface area (Å²) in [6.07, 6.45) is 7.83. The summed E-state index contributed by atoms with van der Waals surface area (Å²) in [5, 5.41) is 12.9. The number of hydrogen-bond donors (Lipinski definition) is 2. The first-order valence-corrected chi connectivity index (χ1v) is 7.34. The van der Waals surface area contributed by atoms with Crippen molar-refractivity contribution in [3.8, 4) is 0 Å². The van der Waals surface area contributed by atoms with E-state index in [1.54, 1.807) is 11.9 Å². The Kier molecular flexibility index (Phi) is 5.06. The van der Waals surface area contributed by atoms with Gasteiger partial charge in [0.25, 0.3) is 0 Å². The average Bonchev–Trinajstić information content (AvgIpc) is 2.84. The summed E-state index contributed by atoms with van der Waals surface area (Å²) in [5.74, 6) is 0.219. The van der Waals surface area contributed by atoms with E-state index in [0.717, 1.165) is 31.2 Å². The monoisotopic (exact) mass is 279 g/mol. The van der Waals surface area contributed by atoms with Crippen LogP contribution in [0.25, 0.3) is 0 Å². The third-order valence-electron chi connectivity index (χ3n) is 4.06. The van der Waals surface area contributed by atoms with Gasteiger partial charge in [-0.3, -0.25) is 0 Å². The van der Waals surface area contributed by atoms with Gasteiger partial charge in [-0.05, 0) is 24.5 Å². The molecule has 1 saturated carbocycles. The molecule has 5 nitrogen and oxygen atoms in total. The van der Waals surface area contributed by atoms with Crippen molar-refractivity contribution in [1.29, 1.82) is 0 Å². The van der Waals surface area contributed by atoms with Crippen molar-refractivity contribution < 1.29 is 9.90 Å². The second-order valence-electron chi connectivity index (χ2n) is 5.84. The highest BCUT2D eigenvalue weighted by atomic mass is 16.3. The first-order valence-electron chi connectivity index (χ1n) is 7.34. The Morgan fingerprint density at radius 3 is 2.90 bits per heavy atom. The first kappa shape index (κ1) is 14.9. The van der Waals surface area contributed by atoms with Gasteiger partial charge >= 0.3 is 6.03 Å². The van der Waals surface area contributed by atoms with Crippen LogP contribution < -0.4 is 5.32 Å². The van der Waals surface area contributed by atoms with E-state index in [1.165, 1.54) is 0 Å². The van der Waals surface area contributed by atoms with E-state index in [9.17, 15) is 9.90 Å². The standard InChI is InChI=1S/C15H25N3O2/c1-17-8-7-12(10-17)9-16-15(20)18(2)11-13-5-3-4-6-14(13)19/h7-8,10,13-14,19H,3-6,9,11H2,1-2H3,(H,16,20). The Hall–Kier alpha value is -1.49. The molecule has 1 aliphatic rings. The van der Waals surface area contributed by atoms with Gasteiger partial charge in [-0.15, -0.1) is 0 Å². The highest BCUT2D eigenvalue weighted by Gasteiger charge is 2.25. The molecule has 1 aromatic rings. The van der Waals surface area contributed by atoms with E-state index < -0.39 is 0 Å². The zero-order valence-electron chi connectivity index (χ0n) is 12.4. The van der Waals surface area contributed by atoms with E-state index in [0.29, 0.717) is 13.1 Å². The molecule has 5 heteroatoms. The molecule has 0 aliphatic heterocycles. The number of rotatable bonds is 4. The predicted octanol–water partition coefficient (Wildman–Crippen LogP) is 1.72. The minimum absolute atomic E-state index is 0.0772. The number of aliphatic hydroxyl groups is 1. The number of carbonyl (C=O) groups is 1. The molecular weight excluding hydrogens is 254 g/mol. The van der Waals surface area contributed by atoms with Crippen LogP contribution in [0.15, 0.2) is 18.5 Å². The first-order chi connectivity index (χ1) is 9.56. The van der Waals surface area contributed by atoms with E-state index in [2.05, 4.69) is 5.32 Å². The number of amides is 2. The summed E-state index contributed by atoms with van der Waals surface area (Å²) < 4.78 is 1.96. The molecule has 2 amide bonds. The van der Waals surface area contributed by atoms with Crippen LogP contribution in [-0.4, -0.2) is 40.3 Å². The van der Waals surface area contributed by atoms with Crippen LogP contribution in [0.2, 0.25) is 0 Å². The molecule has 0 bridgehead atoms. The van der Waals surface area contributed by atoms with Crippen molar-refractivity contribution in [3.05, 3.63) is 24.0 Å². The van der Waals surface area contributed by atoms with Gasteiger partial charge in [0.05, 0.1) is 6.10 Å². The third-order valence-corrected chi connectivity index (χ3v) is 4.06. The second kappa shape index (κ2) is 6.79. The molecule has 112 valence electrons. The van der Waals surface area contributed by atoms with Gasteiger partial charge in [0.2, 0.25) is 0 Å². The quantitative estimate of drug-likeness (QED) is 0.881. The van der Waals surface area contributed by atoms with Crippen LogP contribution in [0.1, 0.15) is 31.2 Å². The van der Waals surface area contributed by atoms with Crippen LogP contribution in [0.5, 0.6) is 0 Å². The summed E-state index contributed by atoms with van der Waals surface area (Å²) in [4.78, 5) is 13.7. The van der Waals surface area contributed by atoms with Crippen molar-refractivity contribution in [3.63, 3.8) is 0 Å². The molecular formula is C15H25N3O2. The molecule has 2 rings (SSSR count). The van der Waals surface area contributed by atoms with Crippen molar-refractivity contribution >= 4 is 6.03 Å². The molecule has 2 N–H and O–H groups in total. The van der Waals surface area contributed by atoms with Gasteiger partial charge in [0, 0.05) is 45.5 Å². The van der Waals surface area contributed by atoms with Gasteiger partial charge in [-0.25, -0.2) is 4.79 Å². The largest absolute Gasteiger partial charge is 0.393 e. The lowest BCUT2D eigenvalue weighted by Crippen LogP contribution is -2.42. The highest BCUT2D eigenvalue weighted by molar-refractivity contribution is 5.73. The molecule has 0 spiro atoms. The molecule has 1 heterocycles. The molecule has 0 radical (unpaired) electrons. The summed E-state index contributed by atoms with van der Waals surface area (Å²) in [7, 11) is 3.75. The summed E-state index contributed by atoms with van der Waals surface area (Å²) in [6, 6.07) is 1.91. The lowest BCUT2D eigenvalue weighted by atomic mass is 9.86. The van der Waals surface area contributed by atoms with Crippen LogP contribution in [0.4, 0.5) is 4.79 Å². The normalized spacial score (nSPS) is 22.6. The van der Waals surface area contributed by atoms with Crippen LogP contribution >= 0.6 is 0 Å². The molecule has 0 aromatic carbocycles. The number of aromatic nitrogens is 1. The number of hydrogen-bond acceptors (Lipinski definition) is 2. The number of carbonyl (C=O) groups excluding carboxylic acids is 1. The SMILES string of the molecule is CN(CC1CCCCC1O)C(=O)NCc1ccn(C)c1. The fraction of sp³-hybridized carbons (Fsp3) is 0.667. The smallest absolute Gasteiger partial charge is 0.317 e. The predicted molar refractivity (Wildman–Crippen MR) is 78.2 cm³/mol. The van der Waals surface area contributed by atoms with Crippen LogP contribution in [-0.2, 0) is 13.6 Å².